The van der Waals surface area contributed by atoms with Crippen molar-refractivity contribution in [3.63, 3.8) is 0 Å². The molecule has 2 aromatic heterocycles. The zero-order chi connectivity index (χ0) is 18.8. The molecule has 0 aliphatic rings. The zero-order valence-electron chi connectivity index (χ0n) is 15.3. The quantitative estimate of drug-likeness (QED) is 0.378. The van der Waals surface area contributed by atoms with E-state index in [4.69, 9.17) is 4.18 Å². The van der Waals surface area contributed by atoms with Crippen molar-refractivity contribution in [2.75, 3.05) is 19.1 Å². The van der Waals surface area contributed by atoms with E-state index in [-0.39, 0.29) is 0 Å². The maximum Gasteiger partial charge on any atom is 0.217 e. The number of rotatable bonds is 5. The minimum Gasteiger partial charge on any atom is -0.334 e. The molecule has 0 bridgehead atoms. The molecule has 0 fully saturated rings. The Hall–Kier alpha value is -2.90. The molecule has 0 aliphatic heterocycles. The molecule has 6 nitrogen and oxygen atoms in total. The summed E-state index contributed by atoms with van der Waals surface area (Å²) in [5.74, 6) is 0.796. The number of hydrogen-bond donors (Lipinski definition) is 0. The van der Waals surface area contributed by atoms with Gasteiger partial charge in [0.05, 0.1) is 36.5 Å². The van der Waals surface area contributed by atoms with Crippen molar-refractivity contribution < 1.29 is 4.18 Å². The Balaban J connectivity index is 1.84. The normalized spacial score (nSPS) is 11.1. The van der Waals surface area contributed by atoms with Crippen molar-refractivity contribution in [1.82, 2.24) is 19.5 Å². The van der Waals surface area contributed by atoms with Gasteiger partial charge in [0.25, 0.3) is 0 Å². The van der Waals surface area contributed by atoms with Gasteiger partial charge in [-0.2, -0.15) is 0 Å². The van der Waals surface area contributed by atoms with Gasteiger partial charge in [-0.1, -0.05) is 30.3 Å². The van der Waals surface area contributed by atoms with Crippen LogP contribution in [-0.4, -0.2) is 33.7 Å². The fourth-order valence-corrected chi connectivity index (χ4v) is 3.40. The average molecular weight is 377 g/mol. The maximum absolute atomic E-state index is 5.07. The first-order valence-corrected chi connectivity index (χ1v) is 9.19. The molecular formula is C20H19N5OS. The van der Waals surface area contributed by atoms with Crippen molar-refractivity contribution in [3.05, 3.63) is 61.1 Å². The predicted molar refractivity (Wildman–Crippen MR) is 109 cm³/mol. The number of nitrogens with zero attached hydrogens (tertiary/aromatic N) is 5. The van der Waals surface area contributed by atoms with Gasteiger partial charge in [-0.15, -0.1) is 0 Å². The van der Waals surface area contributed by atoms with Gasteiger partial charge >= 0.3 is 0 Å². The second kappa shape index (κ2) is 7.38. The molecule has 27 heavy (non-hydrogen) atoms. The topological polar surface area (TPSA) is 56.1 Å². The van der Waals surface area contributed by atoms with Crippen molar-refractivity contribution in [2.45, 2.75) is 5.16 Å². The Morgan fingerprint density at radius 2 is 1.89 bits per heavy atom. The fraction of sp³-hybridized carbons (Fsp3) is 0.150. The number of hydrogen-bond acceptors (Lipinski definition) is 6. The lowest BCUT2D eigenvalue weighted by Crippen LogP contribution is -2.12. The first-order valence-electron chi connectivity index (χ1n) is 8.45. The van der Waals surface area contributed by atoms with Crippen molar-refractivity contribution in [2.24, 2.45) is 7.05 Å². The van der Waals surface area contributed by atoms with E-state index in [1.165, 1.54) is 0 Å². The molecule has 2 heterocycles. The average Bonchev–Trinajstić information content (AvgIpc) is 3.09. The molecule has 0 saturated heterocycles. The number of aromatic nitrogens is 4. The van der Waals surface area contributed by atoms with Gasteiger partial charge in [-0.3, -0.25) is 0 Å². The third kappa shape index (κ3) is 3.39. The highest BCUT2D eigenvalue weighted by atomic mass is 32.2. The second-order valence-corrected chi connectivity index (χ2v) is 6.95. The first kappa shape index (κ1) is 17.5. The molecule has 4 aromatic rings. The Kier molecular flexibility index (Phi) is 4.79. The molecule has 0 aliphatic carbocycles. The molecule has 0 spiro atoms. The summed E-state index contributed by atoms with van der Waals surface area (Å²) in [5.41, 5.74) is 5.31. The van der Waals surface area contributed by atoms with Crippen molar-refractivity contribution >= 4 is 34.6 Å². The lowest BCUT2D eigenvalue weighted by molar-refractivity contribution is 0.486. The first-order chi connectivity index (χ1) is 13.2. The van der Waals surface area contributed by atoms with Crippen molar-refractivity contribution in [3.8, 4) is 11.1 Å². The van der Waals surface area contributed by atoms with Crippen LogP contribution in [-0.2, 0) is 11.2 Å². The summed E-state index contributed by atoms with van der Waals surface area (Å²) in [6.45, 7) is 0. The van der Waals surface area contributed by atoms with E-state index in [0.717, 1.165) is 45.7 Å². The van der Waals surface area contributed by atoms with Crippen LogP contribution in [0, 0.1) is 0 Å². The molecule has 0 saturated carbocycles. The van der Waals surface area contributed by atoms with Crippen molar-refractivity contribution in [1.29, 1.82) is 0 Å². The summed E-state index contributed by atoms with van der Waals surface area (Å²) in [5, 5.41) is 0.576. The fourth-order valence-electron chi connectivity index (χ4n) is 3.01. The van der Waals surface area contributed by atoms with Crippen LogP contribution in [0.2, 0.25) is 0 Å². The summed E-state index contributed by atoms with van der Waals surface area (Å²) in [7, 11) is 5.61. The maximum atomic E-state index is 5.07. The highest BCUT2D eigenvalue weighted by Gasteiger charge is 2.14. The van der Waals surface area contributed by atoms with E-state index in [2.05, 4.69) is 39.2 Å². The number of imidazole rings is 1. The number of anilines is 2. The predicted octanol–water partition coefficient (Wildman–Crippen LogP) is 4.45. The van der Waals surface area contributed by atoms with E-state index in [1.54, 1.807) is 13.3 Å². The molecule has 0 amide bonds. The molecule has 0 atom stereocenters. The van der Waals surface area contributed by atoms with Crippen LogP contribution in [0.4, 0.5) is 11.5 Å². The molecule has 0 radical (unpaired) electrons. The van der Waals surface area contributed by atoms with Gasteiger partial charge < -0.3 is 13.7 Å². The smallest absolute Gasteiger partial charge is 0.217 e. The van der Waals surface area contributed by atoms with Gasteiger partial charge in [0.2, 0.25) is 5.16 Å². The monoisotopic (exact) mass is 377 g/mol. The minimum atomic E-state index is 0.576. The van der Waals surface area contributed by atoms with Crippen LogP contribution < -0.4 is 4.90 Å². The summed E-state index contributed by atoms with van der Waals surface area (Å²) in [4.78, 5) is 15.4. The van der Waals surface area contributed by atoms with Gasteiger partial charge in [0.15, 0.2) is 0 Å². The second-order valence-electron chi connectivity index (χ2n) is 6.09. The standard InChI is InChI=1S/C20H19N5OS/c1-24-13-22-19-16(14-7-5-4-6-8-14)11-15(12-17(19)24)25(2)18-9-10-21-20(23-18)27-26-3/h4-13H,1-3H3. The van der Waals surface area contributed by atoms with Gasteiger partial charge in [-0.25, -0.2) is 15.0 Å². The van der Waals surface area contributed by atoms with Crippen LogP contribution in [0.15, 0.2) is 66.2 Å². The van der Waals surface area contributed by atoms with Crippen LogP contribution in [0.25, 0.3) is 22.2 Å². The van der Waals surface area contributed by atoms with E-state index in [0.29, 0.717) is 5.16 Å². The summed E-state index contributed by atoms with van der Waals surface area (Å²) in [6.07, 6.45) is 3.58. The minimum absolute atomic E-state index is 0.576. The van der Waals surface area contributed by atoms with Gasteiger partial charge in [0.1, 0.15) is 5.82 Å². The Labute approximate surface area is 162 Å². The van der Waals surface area contributed by atoms with E-state index in [9.17, 15) is 0 Å². The van der Waals surface area contributed by atoms with Crippen LogP contribution >= 0.6 is 12.0 Å². The number of benzene rings is 2. The SMILES string of the molecule is COSc1nccc(N(C)c2cc(-c3ccccc3)c3ncn(C)c3c2)n1. The molecule has 136 valence electrons. The third-order valence-corrected chi connectivity index (χ3v) is 4.92. The molecule has 0 N–H and O–H groups in total. The highest BCUT2D eigenvalue weighted by Crippen LogP contribution is 2.34. The molecule has 7 heteroatoms. The lowest BCUT2D eigenvalue weighted by atomic mass is 10.0. The number of aryl methyl sites for hydroxylation is 1. The van der Waals surface area contributed by atoms with Crippen LogP contribution in [0.3, 0.4) is 0 Å². The van der Waals surface area contributed by atoms with Gasteiger partial charge in [-0.05, 0) is 23.8 Å². The van der Waals surface area contributed by atoms with Gasteiger partial charge in [0, 0.05) is 31.5 Å². The van der Waals surface area contributed by atoms with E-state index >= 15 is 0 Å². The third-order valence-electron chi connectivity index (χ3n) is 4.41. The summed E-state index contributed by atoms with van der Waals surface area (Å²) < 4.78 is 7.10. The molecule has 0 unspecified atom stereocenters. The highest BCUT2D eigenvalue weighted by molar-refractivity contribution is 7.94. The summed E-state index contributed by atoms with van der Waals surface area (Å²) >= 11 is 1.15. The lowest BCUT2D eigenvalue weighted by Gasteiger charge is -2.20. The van der Waals surface area contributed by atoms with E-state index < -0.39 is 0 Å². The van der Waals surface area contributed by atoms with E-state index in [1.807, 2.05) is 54.2 Å². The Bertz CT molecular complexity index is 1080. The molecular weight excluding hydrogens is 358 g/mol. The number of fused-ring (bicyclic) bond motifs is 1. The molecule has 2 aromatic carbocycles. The Morgan fingerprint density at radius 1 is 1.07 bits per heavy atom. The van der Waals surface area contributed by atoms with Crippen LogP contribution in [0.5, 0.6) is 0 Å². The molecule has 4 rings (SSSR count). The Morgan fingerprint density at radius 3 is 2.67 bits per heavy atom. The van der Waals surface area contributed by atoms with Crippen LogP contribution in [0.1, 0.15) is 0 Å². The summed E-state index contributed by atoms with van der Waals surface area (Å²) in [6, 6.07) is 16.5. The largest absolute Gasteiger partial charge is 0.334 e. The zero-order valence-corrected chi connectivity index (χ0v) is 16.1.